The molecule has 0 aliphatic rings. The lowest BCUT2D eigenvalue weighted by Gasteiger charge is -2.24. The number of nitrogens with two attached hydrogens (primary N) is 1. The number of para-hydroxylation sites is 1. The van der Waals surface area contributed by atoms with Gasteiger partial charge in [0.25, 0.3) is 5.91 Å². The average molecular weight is 250 g/mol. The molecule has 0 spiro atoms. The van der Waals surface area contributed by atoms with Crippen molar-refractivity contribution in [3.05, 3.63) is 29.8 Å². The number of nitrogens with one attached hydrogen (secondary N) is 1. The highest BCUT2D eigenvalue weighted by Crippen LogP contribution is 2.19. The summed E-state index contributed by atoms with van der Waals surface area (Å²) in [5.41, 5.74) is 1.99. The molecule has 0 aliphatic carbocycles. The van der Waals surface area contributed by atoms with E-state index in [0.717, 1.165) is 0 Å². The number of hydrazine groups is 2. The van der Waals surface area contributed by atoms with Crippen molar-refractivity contribution in [1.82, 2.24) is 10.4 Å². The number of rotatable bonds is 6. The Morgan fingerprint density at radius 3 is 2.22 bits per heavy atom. The van der Waals surface area contributed by atoms with Gasteiger partial charge in [0.15, 0.2) is 0 Å². The molecule has 1 rings (SSSR count). The SMILES string of the molecule is NNC(=O)c1ccccc1N(C=O)N(C=O)C=O. The van der Waals surface area contributed by atoms with Crippen LogP contribution in [0, 0.1) is 0 Å². The number of anilines is 1. The van der Waals surface area contributed by atoms with E-state index in [1.807, 2.05) is 5.43 Å². The van der Waals surface area contributed by atoms with E-state index in [4.69, 9.17) is 5.84 Å². The van der Waals surface area contributed by atoms with E-state index >= 15 is 0 Å². The molecular formula is C10H10N4O4. The van der Waals surface area contributed by atoms with Crippen molar-refractivity contribution >= 4 is 30.8 Å². The first-order valence-corrected chi connectivity index (χ1v) is 4.73. The van der Waals surface area contributed by atoms with Gasteiger partial charge in [0.2, 0.25) is 19.2 Å². The number of amides is 4. The van der Waals surface area contributed by atoms with Gasteiger partial charge in [-0.05, 0) is 12.1 Å². The first-order chi connectivity index (χ1) is 8.69. The van der Waals surface area contributed by atoms with Gasteiger partial charge >= 0.3 is 0 Å². The van der Waals surface area contributed by atoms with Gasteiger partial charge in [-0.25, -0.2) is 10.9 Å². The molecule has 18 heavy (non-hydrogen) atoms. The molecule has 0 heterocycles. The van der Waals surface area contributed by atoms with Crippen LogP contribution in [0.4, 0.5) is 5.69 Å². The number of hydrogen-bond donors (Lipinski definition) is 2. The Bertz CT molecular complexity index is 469. The maximum atomic E-state index is 11.5. The highest BCUT2D eigenvalue weighted by atomic mass is 16.2. The van der Waals surface area contributed by atoms with E-state index in [9.17, 15) is 19.2 Å². The summed E-state index contributed by atoms with van der Waals surface area (Å²) in [7, 11) is 0. The zero-order valence-electron chi connectivity index (χ0n) is 9.15. The quantitative estimate of drug-likeness (QED) is 0.284. The van der Waals surface area contributed by atoms with Gasteiger partial charge in [-0.2, -0.15) is 5.01 Å². The molecule has 0 aliphatic heterocycles. The van der Waals surface area contributed by atoms with Crippen LogP contribution in [0.1, 0.15) is 10.4 Å². The molecule has 0 aromatic heterocycles. The highest BCUT2D eigenvalue weighted by molar-refractivity contribution is 6.02. The zero-order valence-corrected chi connectivity index (χ0v) is 9.15. The van der Waals surface area contributed by atoms with E-state index in [-0.39, 0.29) is 30.5 Å². The lowest BCUT2D eigenvalue weighted by molar-refractivity contribution is -0.132. The van der Waals surface area contributed by atoms with Crippen molar-refractivity contribution in [2.24, 2.45) is 5.84 Å². The Hall–Kier alpha value is -2.74. The van der Waals surface area contributed by atoms with Gasteiger partial charge in [-0.3, -0.25) is 24.6 Å². The van der Waals surface area contributed by atoms with Crippen molar-refractivity contribution in [1.29, 1.82) is 0 Å². The molecule has 0 fully saturated rings. The topological polar surface area (TPSA) is 113 Å². The molecule has 1 aromatic rings. The van der Waals surface area contributed by atoms with Gasteiger partial charge in [-0.1, -0.05) is 12.1 Å². The van der Waals surface area contributed by atoms with Crippen LogP contribution in [0.3, 0.4) is 0 Å². The number of imide groups is 1. The highest BCUT2D eigenvalue weighted by Gasteiger charge is 2.19. The van der Waals surface area contributed by atoms with Crippen LogP contribution in [0.25, 0.3) is 0 Å². The van der Waals surface area contributed by atoms with Gasteiger partial charge in [0.05, 0.1) is 11.3 Å². The summed E-state index contributed by atoms with van der Waals surface area (Å²) >= 11 is 0. The minimum absolute atomic E-state index is 0.0424. The second-order valence-electron chi connectivity index (χ2n) is 3.03. The normalized spacial score (nSPS) is 9.17. The van der Waals surface area contributed by atoms with E-state index in [2.05, 4.69) is 0 Å². The molecule has 0 saturated carbocycles. The second-order valence-corrected chi connectivity index (χ2v) is 3.03. The third-order valence-corrected chi connectivity index (χ3v) is 2.09. The van der Waals surface area contributed by atoms with E-state index < -0.39 is 5.91 Å². The summed E-state index contributed by atoms with van der Waals surface area (Å²) < 4.78 is 0. The summed E-state index contributed by atoms with van der Waals surface area (Å²) in [5.74, 6) is 4.34. The predicted octanol–water partition coefficient (Wildman–Crippen LogP) is -1.22. The Balaban J connectivity index is 3.28. The molecule has 8 nitrogen and oxygen atoms in total. The van der Waals surface area contributed by atoms with Gasteiger partial charge in [0, 0.05) is 0 Å². The third-order valence-electron chi connectivity index (χ3n) is 2.09. The number of nitrogen functional groups attached to an aromatic ring is 1. The van der Waals surface area contributed by atoms with Crippen LogP contribution in [-0.4, -0.2) is 30.1 Å². The fraction of sp³-hybridized carbons (Fsp3) is 0. The molecule has 8 heteroatoms. The Labute approximate surface area is 102 Å². The van der Waals surface area contributed by atoms with Crippen molar-refractivity contribution in [2.45, 2.75) is 0 Å². The van der Waals surface area contributed by atoms with Gasteiger partial charge in [-0.15, -0.1) is 0 Å². The van der Waals surface area contributed by atoms with Crippen molar-refractivity contribution in [3.63, 3.8) is 0 Å². The van der Waals surface area contributed by atoms with Gasteiger partial charge in [0.1, 0.15) is 0 Å². The molecule has 94 valence electrons. The van der Waals surface area contributed by atoms with Crippen LogP contribution < -0.4 is 16.3 Å². The third kappa shape index (κ3) is 2.50. The summed E-state index contributed by atoms with van der Waals surface area (Å²) in [6, 6.07) is 5.86. The molecule has 4 amide bonds. The fourth-order valence-corrected chi connectivity index (χ4v) is 1.31. The summed E-state index contributed by atoms with van der Waals surface area (Å²) in [4.78, 5) is 43.7. The largest absolute Gasteiger partial charge is 0.290 e. The predicted molar refractivity (Wildman–Crippen MR) is 60.6 cm³/mol. The molecule has 0 bridgehead atoms. The smallest absolute Gasteiger partial charge is 0.267 e. The Morgan fingerprint density at radius 1 is 1.11 bits per heavy atom. The summed E-state index contributed by atoms with van der Waals surface area (Å²) in [6.07, 6.45) is 0.502. The van der Waals surface area contributed by atoms with Crippen LogP contribution in [0.2, 0.25) is 0 Å². The van der Waals surface area contributed by atoms with Crippen molar-refractivity contribution in [2.75, 3.05) is 5.01 Å². The number of benzene rings is 1. The van der Waals surface area contributed by atoms with Crippen LogP contribution >= 0.6 is 0 Å². The number of nitrogens with zero attached hydrogens (tertiary/aromatic N) is 2. The van der Waals surface area contributed by atoms with Crippen LogP contribution in [0.5, 0.6) is 0 Å². The monoisotopic (exact) mass is 250 g/mol. The van der Waals surface area contributed by atoms with E-state index in [0.29, 0.717) is 10.0 Å². The minimum Gasteiger partial charge on any atom is -0.290 e. The van der Waals surface area contributed by atoms with Crippen LogP contribution in [-0.2, 0) is 14.4 Å². The van der Waals surface area contributed by atoms with Crippen LogP contribution in [0.15, 0.2) is 24.3 Å². The minimum atomic E-state index is -0.658. The molecule has 0 unspecified atom stereocenters. The molecule has 1 aromatic carbocycles. The first-order valence-electron chi connectivity index (χ1n) is 4.73. The Morgan fingerprint density at radius 2 is 1.72 bits per heavy atom. The maximum Gasteiger partial charge on any atom is 0.267 e. The number of carbonyl (C=O) groups excluding carboxylic acids is 4. The molecule has 3 N–H and O–H groups in total. The summed E-state index contributed by atoms with van der Waals surface area (Å²) in [6.45, 7) is 0. The standard InChI is InChI=1S/C10H10N4O4/c11-12-10(18)8-3-1-2-4-9(8)14(7-17)13(5-15)6-16/h1-7H,11H2,(H,12,18). The maximum absolute atomic E-state index is 11.5. The zero-order chi connectivity index (χ0) is 13.5. The molecule has 0 radical (unpaired) electrons. The number of carbonyl (C=O) groups is 4. The number of hydrogen-bond acceptors (Lipinski definition) is 5. The fourth-order valence-electron chi connectivity index (χ4n) is 1.31. The molecular weight excluding hydrogens is 240 g/mol. The molecule has 0 atom stereocenters. The Kier molecular flexibility index (Phi) is 4.52. The second kappa shape index (κ2) is 6.11. The average Bonchev–Trinajstić information content (AvgIpc) is 2.43. The lowest BCUT2D eigenvalue weighted by atomic mass is 10.1. The lowest BCUT2D eigenvalue weighted by Crippen LogP contribution is -2.41. The first kappa shape index (κ1) is 13.3. The van der Waals surface area contributed by atoms with Crippen molar-refractivity contribution < 1.29 is 19.2 Å². The van der Waals surface area contributed by atoms with Gasteiger partial charge < -0.3 is 0 Å². The van der Waals surface area contributed by atoms with Crippen molar-refractivity contribution in [3.8, 4) is 0 Å². The van der Waals surface area contributed by atoms with E-state index in [1.54, 1.807) is 6.07 Å². The van der Waals surface area contributed by atoms with E-state index in [1.165, 1.54) is 18.2 Å². The summed E-state index contributed by atoms with van der Waals surface area (Å²) in [5, 5.41) is 1.14. The molecule has 0 saturated heterocycles.